The van der Waals surface area contributed by atoms with Crippen LogP contribution >= 0.6 is 0 Å². The summed E-state index contributed by atoms with van der Waals surface area (Å²) < 4.78 is 0. The molecule has 1 aliphatic heterocycles. The molecule has 1 aliphatic rings. The highest BCUT2D eigenvalue weighted by molar-refractivity contribution is 5.96. The van der Waals surface area contributed by atoms with Gasteiger partial charge in [-0.2, -0.15) is 0 Å². The first kappa shape index (κ1) is 44.7. The molecular formula is C34H53N9O11. The number of carbonyl (C=O) groups excluding carboxylic acids is 5. The van der Waals surface area contributed by atoms with Crippen LogP contribution in [0.5, 0.6) is 5.75 Å². The van der Waals surface area contributed by atoms with Crippen LogP contribution < -0.4 is 38.1 Å². The summed E-state index contributed by atoms with van der Waals surface area (Å²) in [6.45, 7) is 2.99. The average molecular weight is 764 g/mol. The zero-order valence-electron chi connectivity index (χ0n) is 30.4. The number of aromatic hydroxyl groups is 1. The normalized spacial score (nSPS) is 16.6. The van der Waals surface area contributed by atoms with Gasteiger partial charge in [-0.3, -0.25) is 34.2 Å². The van der Waals surface area contributed by atoms with Crippen LogP contribution in [-0.4, -0.2) is 129 Å². The zero-order chi connectivity index (χ0) is 40.5. The van der Waals surface area contributed by atoms with Crippen LogP contribution in [0.1, 0.15) is 64.4 Å². The molecule has 5 amide bonds. The molecule has 20 nitrogen and oxygen atoms in total. The number of guanidine groups is 1. The summed E-state index contributed by atoms with van der Waals surface area (Å²) in [5, 5.41) is 58.3. The van der Waals surface area contributed by atoms with Crippen LogP contribution in [-0.2, 0) is 40.0 Å². The summed E-state index contributed by atoms with van der Waals surface area (Å²) in [6.07, 6.45) is -0.244. The highest BCUT2D eigenvalue weighted by Gasteiger charge is 2.39. The Hall–Kier alpha value is -5.50. The Morgan fingerprint density at radius 3 is 1.96 bits per heavy atom. The molecule has 54 heavy (non-hydrogen) atoms. The number of carboxylic acids is 2. The van der Waals surface area contributed by atoms with Gasteiger partial charge in [-0.1, -0.05) is 26.0 Å². The lowest BCUT2D eigenvalue weighted by Gasteiger charge is -2.29. The number of nitrogens with one attached hydrogen (secondary N) is 6. The molecule has 300 valence electrons. The van der Waals surface area contributed by atoms with E-state index in [1.165, 1.54) is 24.3 Å². The first-order chi connectivity index (χ1) is 25.4. The first-order valence-corrected chi connectivity index (χ1v) is 17.6. The largest absolute Gasteiger partial charge is 0.508 e. The highest BCUT2D eigenvalue weighted by atomic mass is 16.4. The van der Waals surface area contributed by atoms with E-state index in [2.05, 4.69) is 26.6 Å². The van der Waals surface area contributed by atoms with Crippen molar-refractivity contribution >= 4 is 47.4 Å². The monoisotopic (exact) mass is 763 g/mol. The summed E-state index contributed by atoms with van der Waals surface area (Å²) in [5.41, 5.74) is 11.7. The SMILES string of the molecule is CC(C)C[C@H](N)C(=O)N[C@@H](CO)C(=O)N[C@@H](CCC(=O)O)C(=O)N[C@@H](CCCNC(=N)N)C(=O)N[C@@H](Cc1ccc(O)cc1)C(=O)N1CCC[C@H]1C(=O)O. The van der Waals surface area contributed by atoms with Crippen molar-refractivity contribution in [2.45, 2.75) is 101 Å². The molecule has 0 aliphatic carbocycles. The number of phenolic OH excluding ortho intramolecular Hbond substituents is 1. The number of aliphatic carboxylic acids is 2. The van der Waals surface area contributed by atoms with Crippen molar-refractivity contribution in [1.82, 2.24) is 31.5 Å². The summed E-state index contributed by atoms with van der Waals surface area (Å²) >= 11 is 0. The third kappa shape index (κ3) is 14.9. The molecule has 1 aromatic carbocycles. The number of aliphatic hydroxyl groups is 1. The van der Waals surface area contributed by atoms with Crippen molar-refractivity contribution in [3.8, 4) is 5.75 Å². The van der Waals surface area contributed by atoms with Gasteiger partial charge in [-0.05, 0) is 62.1 Å². The Morgan fingerprint density at radius 2 is 1.43 bits per heavy atom. The van der Waals surface area contributed by atoms with Crippen molar-refractivity contribution in [3.63, 3.8) is 0 Å². The lowest BCUT2D eigenvalue weighted by atomic mass is 10.0. The average Bonchev–Trinajstić information content (AvgIpc) is 3.60. The highest BCUT2D eigenvalue weighted by Crippen LogP contribution is 2.20. The van der Waals surface area contributed by atoms with E-state index < -0.39 is 97.2 Å². The quantitative estimate of drug-likeness (QED) is 0.0329. The molecule has 6 atom stereocenters. The summed E-state index contributed by atoms with van der Waals surface area (Å²) in [7, 11) is 0. The van der Waals surface area contributed by atoms with Gasteiger partial charge in [0.1, 0.15) is 36.0 Å². The van der Waals surface area contributed by atoms with Crippen molar-refractivity contribution in [3.05, 3.63) is 29.8 Å². The maximum atomic E-state index is 13.9. The molecule has 0 aromatic heterocycles. The lowest BCUT2D eigenvalue weighted by Crippen LogP contribution is -2.60. The Morgan fingerprint density at radius 1 is 0.870 bits per heavy atom. The Kier molecular flexibility index (Phi) is 18.1. The van der Waals surface area contributed by atoms with Gasteiger partial charge >= 0.3 is 11.9 Å². The van der Waals surface area contributed by atoms with E-state index in [0.717, 1.165) is 4.90 Å². The molecule has 1 fully saturated rings. The molecule has 0 radical (unpaired) electrons. The minimum atomic E-state index is -1.58. The number of carboxylic acid groups (broad SMARTS) is 2. The standard InChI is InChI=1S/C34H53N9O11/c1-18(2)15-21(35)28(48)42-25(17-44)31(51)40-23(11-12-27(46)47)30(50)39-22(5-3-13-38-34(36)37)29(49)41-24(16-19-7-9-20(45)10-8-19)32(52)43-14-4-6-26(43)33(53)54/h7-10,18,21-26,44-45H,3-6,11-17,35H2,1-2H3,(H,39,50)(H,40,51)(H,41,49)(H,42,48)(H,46,47)(H,53,54)(H4,36,37,38)/t21-,22-,23-,24-,25-,26-/m0/s1. The number of rotatable bonds is 22. The van der Waals surface area contributed by atoms with Crippen LogP contribution in [0.25, 0.3) is 0 Å². The van der Waals surface area contributed by atoms with Gasteiger partial charge < -0.3 is 63.4 Å². The third-order valence-corrected chi connectivity index (χ3v) is 8.59. The lowest BCUT2D eigenvalue weighted by molar-refractivity contribution is -0.149. The molecule has 0 saturated carbocycles. The molecule has 1 aromatic rings. The fourth-order valence-electron chi connectivity index (χ4n) is 5.79. The molecule has 14 N–H and O–H groups in total. The number of phenols is 1. The number of nitrogens with two attached hydrogens (primary N) is 2. The number of carbonyl (C=O) groups is 7. The third-order valence-electron chi connectivity index (χ3n) is 8.59. The predicted octanol–water partition coefficient (Wildman–Crippen LogP) is -2.56. The van der Waals surface area contributed by atoms with E-state index in [1.807, 2.05) is 13.8 Å². The summed E-state index contributed by atoms with van der Waals surface area (Å²) in [5.74, 6) is -7.23. The Balaban J connectivity index is 2.37. The fraction of sp³-hybridized carbons (Fsp3) is 0.588. The second-order valence-electron chi connectivity index (χ2n) is 13.5. The van der Waals surface area contributed by atoms with Crippen molar-refractivity contribution in [2.24, 2.45) is 17.4 Å². The fourth-order valence-corrected chi connectivity index (χ4v) is 5.79. The minimum Gasteiger partial charge on any atom is -0.508 e. The molecule has 0 spiro atoms. The number of hydrogen-bond acceptors (Lipinski definition) is 11. The van der Waals surface area contributed by atoms with Crippen LogP contribution in [0.15, 0.2) is 24.3 Å². The van der Waals surface area contributed by atoms with E-state index in [-0.39, 0.29) is 62.8 Å². The zero-order valence-corrected chi connectivity index (χ0v) is 30.4. The smallest absolute Gasteiger partial charge is 0.326 e. The maximum Gasteiger partial charge on any atom is 0.326 e. The molecule has 20 heteroatoms. The van der Waals surface area contributed by atoms with Crippen LogP contribution in [0.2, 0.25) is 0 Å². The van der Waals surface area contributed by atoms with Gasteiger partial charge in [-0.25, -0.2) is 4.79 Å². The van der Waals surface area contributed by atoms with E-state index in [1.54, 1.807) is 0 Å². The second kappa shape index (κ2) is 21.9. The van der Waals surface area contributed by atoms with Crippen LogP contribution in [0.3, 0.4) is 0 Å². The Bertz CT molecular complexity index is 1490. The number of aliphatic hydroxyl groups excluding tert-OH is 1. The number of benzene rings is 1. The number of hydrogen-bond donors (Lipinski definition) is 12. The number of likely N-dealkylation sites (tertiary alicyclic amines) is 1. The number of amides is 5. The predicted molar refractivity (Wildman–Crippen MR) is 192 cm³/mol. The van der Waals surface area contributed by atoms with Crippen LogP contribution in [0.4, 0.5) is 0 Å². The van der Waals surface area contributed by atoms with Crippen molar-refractivity contribution in [2.75, 3.05) is 19.7 Å². The van der Waals surface area contributed by atoms with Gasteiger partial charge in [0, 0.05) is 25.9 Å². The molecular weight excluding hydrogens is 710 g/mol. The Labute approximate surface area is 312 Å². The van der Waals surface area contributed by atoms with Gasteiger partial charge in [0.05, 0.1) is 12.6 Å². The number of nitrogens with zero attached hydrogens (tertiary/aromatic N) is 1. The maximum absolute atomic E-state index is 13.9. The second-order valence-corrected chi connectivity index (χ2v) is 13.5. The summed E-state index contributed by atoms with van der Waals surface area (Å²) in [4.78, 5) is 91.6. The topological polar surface area (TPSA) is 340 Å². The van der Waals surface area contributed by atoms with Gasteiger partial charge in [0.2, 0.25) is 29.5 Å². The molecule has 0 unspecified atom stereocenters. The van der Waals surface area contributed by atoms with Crippen LogP contribution in [0, 0.1) is 11.3 Å². The van der Waals surface area contributed by atoms with Crippen molar-refractivity contribution in [1.29, 1.82) is 5.41 Å². The van der Waals surface area contributed by atoms with Gasteiger partial charge in [0.15, 0.2) is 5.96 Å². The van der Waals surface area contributed by atoms with E-state index >= 15 is 0 Å². The van der Waals surface area contributed by atoms with Crippen molar-refractivity contribution < 1.29 is 54.0 Å². The molecule has 0 bridgehead atoms. The summed E-state index contributed by atoms with van der Waals surface area (Å²) in [6, 6.07) is -2.22. The minimum absolute atomic E-state index is 0.0442. The van der Waals surface area contributed by atoms with Gasteiger partial charge in [-0.15, -0.1) is 0 Å². The van der Waals surface area contributed by atoms with E-state index in [9.17, 15) is 54.0 Å². The van der Waals surface area contributed by atoms with Gasteiger partial charge in [0.25, 0.3) is 0 Å². The molecule has 2 rings (SSSR count). The first-order valence-electron chi connectivity index (χ1n) is 17.6. The van der Waals surface area contributed by atoms with E-state index in [0.29, 0.717) is 12.0 Å². The molecule has 1 heterocycles. The molecule has 1 saturated heterocycles. The van der Waals surface area contributed by atoms with E-state index in [4.69, 9.17) is 16.9 Å².